The third-order valence-corrected chi connectivity index (χ3v) is 6.84. The van der Waals surface area contributed by atoms with Gasteiger partial charge in [0.25, 0.3) is 0 Å². The number of hydrogen-bond donors (Lipinski definition) is 1. The molecule has 0 spiro atoms. The third-order valence-electron chi connectivity index (χ3n) is 6.84. The molecule has 8 nitrogen and oxygen atoms in total. The Kier molecular flexibility index (Phi) is 8.84. The molecule has 1 aliphatic carbocycles. The van der Waals surface area contributed by atoms with Crippen molar-refractivity contribution in [2.24, 2.45) is 11.8 Å². The molecule has 8 heteroatoms. The summed E-state index contributed by atoms with van der Waals surface area (Å²) in [5.41, 5.74) is 2.62. The number of hydrogen-bond acceptors (Lipinski definition) is 7. The van der Waals surface area contributed by atoms with Gasteiger partial charge in [0.1, 0.15) is 18.0 Å². The number of nitrogens with zero attached hydrogens (tertiary/aromatic N) is 1. The van der Waals surface area contributed by atoms with E-state index >= 15 is 0 Å². The summed E-state index contributed by atoms with van der Waals surface area (Å²) >= 11 is 0. The van der Waals surface area contributed by atoms with E-state index in [1.54, 1.807) is 12.3 Å². The van der Waals surface area contributed by atoms with Gasteiger partial charge in [0.15, 0.2) is 0 Å². The largest absolute Gasteiger partial charge is 0.492 e. The van der Waals surface area contributed by atoms with E-state index in [1.807, 2.05) is 63.2 Å². The maximum absolute atomic E-state index is 12.6. The fourth-order valence-corrected chi connectivity index (χ4v) is 4.82. The van der Waals surface area contributed by atoms with Crippen LogP contribution in [0.5, 0.6) is 5.75 Å². The molecule has 1 fully saturated rings. The highest BCUT2D eigenvalue weighted by Gasteiger charge is 2.32. The van der Waals surface area contributed by atoms with Crippen LogP contribution in [-0.4, -0.2) is 48.7 Å². The first-order valence-electron chi connectivity index (χ1n) is 13.4. The molecule has 1 N–H and O–H groups in total. The van der Waals surface area contributed by atoms with Crippen LogP contribution in [0.2, 0.25) is 0 Å². The van der Waals surface area contributed by atoms with Crippen molar-refractivity contribution >= 4 is 28.7 Å². The van der Waals surface area contributed by atoms with Gasteiger partial charge in [-0.3, -0.25) is 14.6 Å². The van der Waals surface area contributed by atoms with Crippen LogP contribution < -0.4 is 10.1 Å². The van der Waals surface area contributed by atoms with E-state index in [0.717, 1.165) is 22.0 Å². The van der Waals surface area contributed by atoms with Crippen molar-refractivity contribution in [3.05, 3.63) is 60.3 Å². The molecule has 2 aromatic carbocycles. The fraction of sp³-hybridized carbons (Fsp3) is 0.419. The monoisotopic (exact) mass is 532 g/mol. The van der Waals surface area contributed by atoms with Crippen LogP contribution in [0, 0.1) is 11.8 Å². The molecule has 1 saturated carbocycles. The predicted octanol–water partition coefficient (Wildman–Crippen LogP) is 5.33. The Morgan fingerprint density at radius 3 is 2.26 bits per heavy atom. The van der Waals surface area contributed by atoms with Crippen molar-refractivity contribution in [3.8, 4) is 16.9 Å². The second kappa shape index (κ2) is 12.3. The molecule has 0 saturated heterocycles. The smallest absolute Gasteiger partial charge is 0.338 e. The SMILES string of the molecule is COC(=O)c1ccnc2ccc(-c3ccc(OCCNC(=O)C4CCC(C(=O)OC(C)(C)C)CC4)cc3)cc12. The van der Waals surface area contributed by atoms with Crippen molar-refractivity contribution in [1.82, 2.24) is 10.3 Å². The first kappa shape index (κ1) is 28.1. The van der Waals surface area contributed by atoms with Gasteiger partial charge in [0.2, 0.25) is 5.91 Å². The number of methoxy groups -OCH3 is 1. The second-order valence-corrected chi connectivity index (χ2v) is 10.8. The van der Waals surface area contributed by atoms with Crippen LogP contribution in [0.15, 0.2) is 54.7 Å². The minimum absolute atomic E-state index is 0.00806. The van der Waals surface area contributed by atoms with Crippen molar-refractivity contribution in [1.29, 1.82) is 0 Å². The first-order valence-corrected chi connectivity index (χ1v) is 13.4. The molecule has 1 heterocycles. The van der Waals surface area contributed by atoms with Gasteiger partial charge in [-0.15, -0.1) is 0 Å². The molecule has 0 aliphatic heterocycles. The number of fused-ring (bicyclic) bond motifs is 1. The molecular formula is C31H36N2O6. The summed E-state index contributed by atoms with van der Waals surface area (Å²) < 4.78 is 16.2. The first-order chi connectivity index (χ1) is 18.6. The molecule has 39 heavy (non-hydrogen) atoms. The number of nitrogens with one attached hydrogen (secondary N) is 1. The number of rotatable bonds is 8. The lowest BCUT2D eigenvalue weighted by Gasteiger charge is -2.29. The van der Waals surface area contributed by atoms with Gasteiger partial charge in [-0.2, -0.15) is 0 Å². The number of benzene rings is 2. The zero-order chi connectivity index (χ0) is 28.0. The molecule has 0 atom stereocenters. The van der Waals surface area contributed by atoms with Crippen LogP contribution in [0.3, 0.4) is 0 Å². The number of aromatic nitrogens is 1. The lowest BCUT2D eigenvalue weighted by atomic mass is 9.81. The number of esters is 2. The van der Waals surface area contributed by atoms with Gasteiger partial charge in [-0.25, -0.2) is 4.79 Å². The third kappa shape index (κ3) is 7.34. The summed E-state index contributed by atoms with van der Waals surface area (Å²) in [6, 6.07) is 15.1. The predicted molar refractivity (Wildman–Crippen MR) is 148 cm³/mol. The lowest BCUT2D eigenvalue weighted by Crippen LogP contribution is -2.37. The van der Waals surface area contributed by atoms with Crippen molar-refractivity contribution in [2.45, 2.75) is 52.1 Å². The van der Waals surface area contributed by atoms with Crippen molar-refractivity contribution < 1.29 is 28.6 Å². The van der Waals surface area contributed by atoms with Crippen molar-refractivity contribution in [3.63, 3.8) is 0 Å². The quantitative estimate of drug-likeness (QED) is 0.309. The van der Waals surface area contributed by atoms with Gasteiger partial charge in [0.05, 0.1) is 30.7 Å². The van der Waals surface area contributed by atoms with E-state index in [9.17, 15) is 14.4 Å². The van der Waals surface area contributed by atoms with E-state index in [4.69, 9.17) is 14.2 Å². The van der Waals surface area contributed by atoms with Crippen LogP contribution in [0.25, 0.3) is 22.0 Å². The Labute approximate surface area is 229 Å². The molecular weight excluding hydrogens is 496 g/mol. The molecule has 1 aliphatic rings. The molecule has 4 rings (SSSR count). The summed E-state index contributed by atoms with van der Waals surface area (Å²) in [6.07, 6.45) is 4.31. The minimum atomic E-state index is -0.490. The van der Waals surface area contributed by atoms with Crippen LogP contribution >= 0.6 is 0 Å². The molecule has 0 bridgehead atoms. The van der Waals surface area contributed by atoms with E-state index < -0.39 is 11.6 Å². The maximum Gasteiger partial charge on any atom is 0.338 e. The molecule has 206 valence electrons. The van der Waals surface area contributed by atoms with Crippen LogP contribution in [0.1, 0.15) is 56.8 Å². The van der Waals surface area contributed by atoms with E-state index in [-0.39, 0.29) is 23.7 Å². The average Bonchev–Trinajstić information content (AvgIpc) is 2.93. The van der Waals surface area contributed by atoms with Crippen LogP contribution in [-0.2, 0) is 19.1 Å². The Balaban J connectivity index is 1.24. The maximum atomic E-state index is 12.6. The van der Waals surface area contributed by atoms with Gasteiger partial charge in [-0.05, 0) is 87.9 Å². The molecule has 1 amide bonds. The van der Waals surface area contributed by atoms with Gasteiger partial charge >= 0.3 is 11.9 Å². The molecule has 1 aromatic heterocycles. The second-order valence-electron chi connectivity index (χ2n) is 10.8. The van der Waals surface area contributed by atoms with Gasteiger partial charge < -0.3 is 19.5 Å². The molecule has 3 aromatic rings. The summed E-state index contributed by atoms with van der Waals surface area (Å²) in [6.45, 7) is 6.36. The highest BCUT2D eigenvalue weighted by atomic mass is 16.6. The van der Waals surface area contributed by atoms with Crippen molar-refractivity contribution in [2.75, 3.05) is 20.3 Å². The normalized spacial score (nSPS) is 17.3. The summed E-state index contributed by atoms with van der Waals surface area (Å²) in [5, 5.41) is 3.69. The lowest BCUT2D eigenvalue weighted by molar-refractivity contribution is -0.161. The molecule has 0 radical (unpaired) electrons. The zero-order valence-electron chi connectivity index (χ0n) is 23.0. The number of carbonyl (C=O) groups is 3. The zero-order valence-corrected chi connectivity index (χ0v) is 23.0. The average molecular weight is 533 g/mol. The minimum Gasteiger partial charge on any atom is -0.492 e. The molecule has 0 unspecified atom stereocenters. The number of pyridine rings is 1. The van der Waals surface area contributed by atoms with Gasteiger partial charge in [0, 0.05) is 17.5 Å². The van der Waals surface area contributed by atoms with E-state index in [1.165, 1.54) is 7.11 Å². The highest BCUT2D eigenvalue weighted by Crippen LogP contribution is 2.31. The Hall–Kier alpha value is -3.94. The summed E-state index contributed by atoms with van der Waals surface area (Å²) in [5.74, 6) is -0.0638. The highest BCUT2D eigenvalue weighted by molar-refractivity contribution is 6.04. The van der Waals surface area contributed by atoms with E-state index in [0.29, 0.717) is 50.1 Å². The van der Waals surface area contributed by atoms with Crippen LogP contribution in [0.4, 0.5) is 0 Å². The summed E-state index contributed by atoms with van der Waals surface area (Å²) in [7, 11) is 1.36. The topological polar surface area (TPSA) is 104 Å². The standard InChI is InChI=1S/C31H36N2O6/c1-31(2,3)39-29(35)22-7-5-21(6-8-22)28(34)33-17-18-38-24-12-9-20(10-13-24)23-11-14-27-26(19-23)25(15-16-32-27)30(36)37-4/h9-16,19,21-22H,5-8,17-18H2,1-4H3,(H,33,34). The number of amides is 1. The summed E-state index contributed by atoms with van der Waals surface area (Å²) in [4.78, 5) is 41.3. The fourth-order valence-electron chi connectivity index (χ4n) is 4.82. The Morgan fingerprint density at radius 2 is 1.59 bits per heavy atom. The van der Waals surface area contributed by atoms with Gasteiger partial charge in [-0.1, -0.05) is 18.2 Å². The Morgan fingerprint density at radius 1 is 0.923 bits per heavy atom. The van der Waals surface area contributed by atoms with E-state index in [2.05, 4.69) is 10.3 Å². The number of ether oxygens (including phenoxy) is 3. The Bertz CT molecular complexity index is 1320. The number of carbonyl (C=O) groups excluding carboxylic acids is 3.